The molecule has 3 N–H and O–H groups in total. The SMILES string of the molecule is CNNC(=S)Nc1ccc(F)c(C)c1. The predicted octanol–water partition coefficient (Wildman–Crippen LogP) is 1.55. The molecule has 0 spiro atoms. The first-order valence-corrected chi connectivity index (χ1v) is 4.54. The Hall–Kier alpha value is -1.20. The molecule has 5 heteroatoms. The lowest BCUT2D eigenvalue weighted by Crippen LogP contribution is -2.37. The third-order valence-electron chi connectivity index (χ3n) is 1.65. The Morgan fingerprint density at radius 1 is 1.43 bits per heavy atom. The Balaban J connectivity index is 2.68. The highest BCUT2D eigenvalue weighted by molar-refractivity contribution is 7.80. The van der Waals surface area contributed by atoms with Crippen molar-refractivity contribution in [2.24, 2.45) is 0 Å². The van der Waals surface area contributed by atoms with E-state index in [1.807, 2.05) is 0 Å². The fourth-order valence-electron chi connectivity index (χ4n) is 0.998. The number of nitrogens with one attached hydrogen (secondary N) is 3. The minimum absolute atomic E-state index is 0.219. The van der Waals surface area contributed by atoms with Crippen LogP contribution in [-0.4, -0.2) is 12.2 Å². The van der Waals surface area contributed by atoms with Crippen molar-refractivity contribution in [3.8, 4) is 0 Å². The molecule has 1 rings (SSSR count). The average Bonchev–Trinajstić information content (AvgIpc) is 2.12. The van der Waals surface area contributed by atoms with Gasteiger partial charge in [-0.05, 0) is 42.9 Å². The molecule has 0 amide bonds. The Morgan fingerprint density at radius 3 is 2.71 bits per heavy atom. The summed E-state index contributed by atoms with van der Waals surface area (Å²) in [5.74, 6) is -0.219. The van der Waals surface area contributed by atoms with Gasteiger partial charge in [0.05, 0.1) is 0 Å². The van der Waals surface area contributed by atoms with Crippen LogP contribution < -0.4 is 16.2 Å². The van der Waals surface area contributed by atoms with Crippen LogP contribution in [0.3, 0.4) is 0 Å². The molecule has 0 saturated heterocycles. The molecule has 0 fully saturated rings. The van der Waals surface area contributed by atoms with E-state index in [1.165, 1.54) is 6.07 Å². The molecule has 0 unspecified atom stereocenters. The lowest BCUT2D eigenvalue weighted by Gasteiger charge is -2.09. The molecule has 0 heterocycles. The Morgan fingerprint density at radius 2 is 2.14 bits per heavy atom. The van der Waals surface area contributed by atoms with E-state index < -0.39 is 0 Å². The molecule has 0 aliphatic carbocycles. The summed E-state index contributed by atoms with van der Waals surface area (Å²) in [4.78, 5) is 0. The van der Waals surface area contributed by atoms with Gasteiger partial charge in [0.2, 0.25) is 0 Å². The lowest BCUT2D eigenvalue weighted by atomic mass is 10.2. The summed E-state index contributed by atoms with van der Waals surface area (Å²) in [6.45, 7) is 1.70. The number of hydrogen-bond donors (Lipinski definition) is 3. The van der Waals surface area contributed by atoms with Crippen molar-refractivity contribution in [1.29, 1.82) is 0 Å². The molecule has 3 nitrogen and oxygen atoms in total. The summed E-state index contributed by atoms with van der Waals surface area (Å²) in [6, 6.07) is 4.73. The summed E-state index contributed by atoms with van der Waals surface area (Å²) >= 11 is 4.93. The largest absolute Gasteiger partial charge is 0.332 e. The van der Waals surface area contributed by atoms with Crippen LogP contribution in [0.15, 0.2) is 18.2 Å². The second-order valence-corrected chi connectivity index (χ2v) is 3.20. The normalized spacial score (nSPS) is 9.64. The molecule has 1 aromatic carbocycles. The fraction of sp³-hybridized carbons (Fsp3) is 0.222. The quantitative estimate of drug-likeness (QED) is 0.514. The molecular weight excluding hydrogens is 201 g/mol. The molecule has 0 radical (unpaired) electrons. The number of benzene rings is 1. The van der Waals surface area contributed by atoms with E-state index in [1.54, 1.807) is 26.1 Å². The summed E-state index contributed by atoms with van der Waals surface area (Å²) in [5.41, 5.74) is 6.74. The van der Waals surface area contributed by atoms with Gasteiger partial charge in [0.25, 0.3) is 0 Å². The summed E-state index contributed by atoms with van der Waals surface area (Å²) in [5, 5.41) is 3.35. The third kappa shape index (κ3) is 2.93. The van der Waals surface area contributed by atoms with Crippen molar-refractivity contribution >= 4 is 23.0 Å². The van der Waals surface area contributed by atoms with Gasteiger partial charge in [0.1, 0.15) is 5.82 Å². The number of halogens is 1. The van der Waals surface area contributed by atoms with Gasteiger partial charge in [-0.15, -0.1) is 0 Å². The van der Waals surface area contributed by atoms with Crippen LogP contribution >= 0.6 is 12.2 Å². The van der Waals surface area contributed by atoms with Crippen LogP contribution in [-0.2, 0) is 0 Å². The number of hydrogen-bond acceptors (Lipinski definition) is 2. The van der Waals surface area contributed by atoms with Crippen molar-refractivity contribution in [2.45, 2.75) is 6.92 Å². The van der Waals surface area contributed by atoms with Gasteiger partial charge in [-0.1, -0.05) is 0 Å². The monoisotopic (exact) mass is 213 g/mol. The van der Waals surface area contributed by atoms with Crippen LogP contribution in [0.5, 0.6) is 0 Å². The molecule has 0 aromatic heterocycles. The van der Waals surface area contributed by atoms with Gasteiger partial charge < -0.3 is 5.32 Å². The average molecular weight is 213 g/mol. The van der Waals surface area contributed by atoms with Crippen molar-refractivity contribution in [2.75, 3.05) is 12.4 Å². The smallest absolute Gasteiger partial charge is 0.185 e. The van der Waals surface area contributed by atoms with E-state index in [-0.39, 0.29) is 5.82 Å². The van der Waals surface area contributed by atoms with E-state index in [0.717, 1.165) is 5.69 Å². The number of thiocarbonyl (C=S) groups is 1. The molecular formula is C9H12FN3S. The molecule has 14 heavy (non-hydrogen) atoms. The fourth-order valence-corrected chi connectivity index (χ4v) is 1.22. The zero-order valence-electron chi connectivity index (χ0n) is 8.02. The van der Waals surface area contributed by atoms with Crippen LogP contribution in [0, 0.1) is 12.7 Å². The van der Waals surface area contributed by atoms with E-state index in [0.29, 0.717) is 10.7 Å². The standard InChI is InChI=1S/C9H12FN3S/c1-6-5-7(3-4-8(6)10)12-9(14)13-11-2/h3-5,11H,1-2H3,(H2,12,13,14). The van der Waals surface area contributed by atoms with E-state index >= 15 is 0 Å². The minimum Gasteiger partial charge on any atom is -0.332 e. The van der Waals surface area contributed by atoms with Gasteiger partial charge in [-0.25, -0.2) is 9.82 Å². The van der Waals surface area contributed by atoms with Gasteiger partial charge in [-0.3, -0.25) is 5.43 Å². The Bertz CT molecular complexity index is 341. The first-order valence-electron chi connectivity index (χ1n) is 4.13. The first-order chi connectivity index (χ1) is 6.63. The minimum atomic E-state index is -0.219. The molecule has 76 valence electrons. The predicted molar refractivity (Wildman–Crippen MR) is 59.6 cm³/mol. The number of anilines is 1. The number of aryl methyl sites for hydroxylation is 1. The second kappa shape index (κ2) is 4.88. The Kier molecular flexibility index (Phi) is 3.79. The van der Waals surface area contributed by atoms with Crippen LogP contribution in [0.25, 0.3) is 0 Å². The van der Waals surface area contributed by atoms with Gasteiger partial charge >= 0.3 is 0 Å². The maximum absolute atomic E-state index is 12.9. The Labute approximate surface area is 87.7 Å². The molecule has 0 aliphatic rings. The zero-order valence-corrected chi connectivity index (χ0v) is 8.83. The van der Waals surface area contributed by atoms with Gasteiger partial charge in [0, 0.05) is 12.7 Å². The van der Waals surface area contributed by atoms with Crippen molar-refractivity contribution in [3.63, 3.8) is 0 Å². The number of rotatable bonds is 2. The zero-order chi connectivity index (χ0) is 10.6. The van der Waals surface area contributed by atoms with Crippen LogP contribution in [0.2, 0.25) is 0 Å². The molecule has 0 atom stereocenters. The molecule has 1 aromatic rings. The van der Waals surface area contributed by atoms with Gasteiger partial charge in [-0.2, -0.15) is 0 Å². The van der Waals surface area contributed by atoms with E-state index in [2.05, 4.69) is 16.2 Å². The summed E-state index contributed by atoms with van der Waals surface area (Å²) in [6.07, 6.45) is 0. The maximum atomic E-state index is 12.9. The third-order valence-corrected chi connectivity index (χ3v) is 1.86. The highest BCUT2D eigenvalue weighted by atomic mass is 32.1. The van der Waals surface area contributed by atoms with Gasteiger partial charge in [0.15, 0.2) is 5.11 Å². The maximum Gasteiger partial charge on any atom is 0.185 e. The molecule has 0 bridgehead atoms. The molecule has 0 aliphatic heterocycles. The van der Waals surface area contributed by atoms with Crippen molar-refractivity contribution < 1.29 is 4.39 Å². The summed E-state index contributed by atoms with van der Waals surface area (Å²) in [7, 11) is 1.71. The van der Waals surface area contributed by atoms with Crippen molar-refractivity contribution in [3.05, 3.63) is 29.6 Å². The van der Waals surface area contributed by atoms with E-state index in [9.17, 15) is 4.39 Å². The summed E-state index contributed by atoms with van der Waals surface area (Å²) < 4.78 is 12.9. The highest BCUT2D eigenvalue weighted by Crippen LogP contribution is 2.13. The highest BCUT2D eigenvalue weighted by Gasteiger charge is 1.99. The second-order valence-electron chi connectivity index (χ2n) is 2.79. The van der Waals surface area contributed by atoms with E-state index in [4.69, 9.17) is 12.2 Å². The molecule has 0 saturated carbocycles. The topological polar surface area (TPSA) is 36.1 Å². The van der Waals surface area contributed by atoms with Crippen LogP contribution in [0.4, 0.5) is 10.1 Å². The first kappa shape index (κ1) is 10.9. The van der Waals surface area contributed by atoms with Crippen molar-refractivity contribution in [1.82, 2.24) is 10.9 Å². The number of hydrazine groups is 1. The van der Waals surface area contributed by atoms with Crippen LogP contribution in [0.1, 0.15) is 5.56 Å². The lowest BCUT2D eigenvalue weighted by molar-refractivity contribution is 0.619.